The van der Waals surface area contributed by atoms with Crippen molar-refractivity contribution >= 4 is 11.6 Å². The molecule has 1 aliphatic heterocycles. The summed E-state index contributed by atoms with van der Waals surface area (Å²) in [5.41, 5.74) is -0.696. The lowest BCUT2D eigenvalue weighted by Crippen LogP contribution is -2.55. The van der Waals surface area contributed by atoms with Crippen LogP contribution in [-0.4, -0.2) is 58.1 Å². The molecule has 30 heavy (non-hydrogen) atoms. The van der Waals surface area contributed by atoms with Crippen molar-refractivity contribution in [3.8, 4) is 5.75 Å². The minimum atomic E-state index is -3.47. The van der Waals surface area contributed by atoms with Crippen LogP contribution in [0.15, 0.2) is 42.5 Å². The SMILES string of the molecule is CCOc1ccc(C(F)(F)c2cc([C@@H]3O[C@H](CO)[C@@H](O)[C@H](O)[C@H]3O)ccc2Cl)cc1. The van der Waals surface area contributed by atoms with E-state index < -0.39 is 48.6 Å². The highest BCUT2D eigenvalue weighted by molar-refractivity contribution is 6.31. The summed E-state index contributed by atoms with van der Waals surface area (Å²) in [6.07, 6.45) is -7.15. The molecule has 3 rings (SSSR count). The highest BCUT2D eigenvalue weighted by Gasteiger charge is 2.45. The van der Waals surface area contributed by atoms with Gasteiger partial charge in [0.15, 0.2) is 0 Å². The average Bonchev–Trinajstić information content (AvgIpc) is 2.73. The van der Waals surface area contributed by atoms with Crippen LogP contribution in [-0.2, 0) is 10.7 Å². The van der Waals surface area contributed by atoms with E-state index in [0.29, 0.717) is 12.4 Å². The van der Waals surface area contributed by atoms with Crippen molar-refractivity contribution in [2.24, 2.45) is 0 Å². The fourth-order valence-corrected chi connectivity index (χ4v) is 3.66. The molecule has 1 aliphatic rings. The molecule has 2 aromatic carbocycles. The number of halogens is 3. The molecule has 1 fully saturated rings. The van der Waals surface area contributed by atoms with Crippen molar-refractivity contribution in [3.05, 3.63) is 64.2 Å². The molecule has 0 aliphatic carbocycles. The van der Waals surface area contributed by atoms with Crippen LogP contribution < -0.4 is 4.74 Å². The topological polar surface area (TPSA) is 99.4 Å². The van der Waals surface area contributed by atoms with Gasteiger partial charge in [-0.3, -0.25) is 0 Å². The Morgan fingerprint density at radius 1 is 1.03 bits per heavy atom. The maximum absolute atomic E-state index is 15.2. The number of hydrogen-bond acceptors (Lipinski definition) is 6. The molecule has 4 N–H and O–H groups in total. The van der Waals surface area contributed by atoms with Crippen LogP contribution in [0.3, 0.4) is 0 Å². The smallest absolute Gasteiger partial charge is 0.299 e. The van der Waals surface area contributed by atoms with E-state index in [1.807, 2.05) is 0 Å². The lowest BCUT2D eigenvalue weighted by atomic mass is 9.89. The summed E-state index contributed by atoms with van der Waals surface area (Å²) in [5.74, 6) is -3.01. The van der Waals surface area contributed by atoms with E-state index in [-0.39, 0.29) is 16.1 Å². The molecule has 0 amide bonds. The first-order valence-corrected chi connectivity index (χ1v) is 9.80. The number of benzene rings is 2. The summed E-state index contributed by atoms with van der Waals surface area (Å²) in [7, 11) is 0. The van der Waals surface area contributed by atoms with Crippen LogP contribution in [0.25, 0.3) is 0 Å². The molecule has 0 saturated carbocycles. The monoisotopic (exact) mass is 444 g/mol. The molecule has 0 radical (unpaired) electrons. The highest BCUT2D eigenvalue weighted by Crippen LogP contribution is 2.42. The summed E-state index contributed by atoms with van der Waals surface area (Å²) in [6, 6.07) is 9.06. The average molecular weight is 445 g/mol. The van der Waals surface area contributed by atoms with Gasteiger partial charge in [0.05, 0.1) is 18.2 Å². The molecule has 164 valence electrons. The zero-order valence-corrected chi connectivity index (χ0v) is 16.8. The van der Waals surface area contributed by atoms with Gasteiger partial charge < -0.3 is 29.9 Å². The van der Waals surface area contributed by atoms with Crippen LogP contribution >= 0.6 is 11.6 Å². The molecule has 0 bridgehead atoms. The molecule has 0 unspecified atom stereocenters. The van der Waals surface area contributed by atoms with Gasteiger partial charge in [-0.1, -0.05) is 17.7 Å². The van der Waals surface area contributed by atoms with Gasteiger partial charge in [0.1, 0.15) is 36.3 Å². The molecule has 5 atom stereocenters. The summed E-state index contributed by atoms with van der Waals surface area (Å²) < 4.78 is 41.2. The van der Waals surface area contributed by atoms with Crippen LogP contribution in [0.1, 0.15) is 29.7 Å². The van der Waals surface area contributed by atoms with Crippen molar-refractivity contribution in [1.82, 2.24) is 0 Å². The third kappa shape index (κ3) is 4.30. The number of aliphatic hydroxyl groups excluding tert-OH is 4. The predicted molar refractivity (Wildman–Crippen MR) is 105 cm³/mol. The second-order valence-corrected chi connectivity index (χ2v) is 7.43. The Morgan fingerprint density at radius 2 is 1.70 bits per heavy atom. The Kier molecular flexibility index (Phi) is 6.96. The first kappa shape index (κ1) is 22.9. The molecule has 6 nitrogen and oxygen atoms in total. The summed E-state index contributed by atoms with van der Waals surface area (Å²) in [6.45, 7) is 1.57. The number of hydrogen-bond donors (Lipinski definition) is 4. The van der Waals surface area contributed by atoms with E-state index in [4.69, 9.17) is 21.1 Å². The van der Waals surface area contributed by atoms with Crippen LogP contribution in [0, 0.1) is 0 Å². The molecule has 9 heteroatoms. The van der Waals surface area contributed by atoms with Gasteiger partial charge in [-0.25, -0.2) is 0 Å². The molecule has 2 aromatic rings. The van der Waals surface area contributed by atoms with Gasteiger partial charge in [0.2, 0.25) is 0 Å². The maximum atomic E-state index is 15.2. The van der Waals surface area contributed by atoms with Crippen LogP contribution in [0.2, 0.25) is 5.02 Å². The fraction of sp³-hybridized carbons (Fsp3) is 0.429. The first-order valence-electron chi connectivity index (χ1n) is 9.42. The van der Waals surface area contributed by atoms with E-state index in [9.17, 15) is 20.4 Å². The van der Waals surface area contributed by atoms with E-state index in [1.54, 1.807) is 6.92 Å². The van der Waals surface area contributed by atoms with E-state index >= 15 is 8.78 Å². The summed E-state index contributed by atoms with van der Waals surface area (Å²) in [5, 5.41) is 39.3. The van der Waals surface area contributed by atoms with Crippen molar-refractivity contribution in [1.29, 1.82) is 0 Å². The number of aliphatic hydroxyl groups is 4. The number of ether oxygens (including phenoxy) is 2. The van der Waals surface area contributed by atoms with Gasteiger partial charge in [-0.2, -0.15) is 8.78 Å². The Labute approximate surface area is 177 Å². The second-order valence-electron chi connectivity index (χ2n) is 7.02. The van der Waals surface area contributed by atoms with Gasteiger partial charge >= 0.3 is 0 Å². The zero-order chi connectivity index (χ0) is 22.1. The molecule has 0 spiro atoms. The zero-order valence-electron chi connectivity index (χ0n) is 16.1. The third-order valence-corrected chi connectivity index (χ3v) is 5.41. The molecular formula is C21H23ClF2O6. The summed E-state index contributed by atoms with van der Waals surface area (Å²) >= 11 is 6.06. The van der Waals surface area contributed by atoms with Gasteiger partial charge in [0, 0.05) is 11.1 Å². The first-order chi connectivity index (χ1) is 14.2. The highest BCUT2D eigenvalue weighted by atomic mass is 35.5. The Morgan fingerprint density at radius 3 is 2.30 bits per heavy atom. The van der Waals surface area contributed by atoms with Crippen molar-refractivity contribution in [3.63, 3.8) is 0 Å². The van der Waals surface area contributed by atoms with Crippen molar-refractivity contribution < 1.29 is 38.7 Å². The summed E-state index contributed by atoms with van der Waals surface area (Å²) in [4.78, 5) is 0. The largest absolute Gasteiger partial charge is 0.494 e. The van der Waals surface area contributed by atoms with Crippen molar-refractivity contribution in [2.45, 2.75) is 43.4 Å². The predicted octanol–water partition coefficient (Wildman–Crippen LogP) is 2.39. The van der Waals surface area contributed by atoms with Crippen LogP contribution in [0.5, 0.6) is 5.75 Å². The quantitative estimate of drug-likeness (QED) is 0.546. The second kappa shape index (κ2) is 9.13. The lowest BCUT2D eigenvalue weighted by molar-refractivity contribution is -0.231. The van der Waals surface area contributed by atoms with Gasteiger partial charge in [-0.15, -0.1) is 0 Å². The van der Waals surface area contributed by atoms with E-state index in [0.717, 1.165) is 6.07 Å². The Balaban J connectivity index is 1.96. The lowest BCUT2D eigenvalue weighted by Gasteiger charge is -2.40. The minimum Gasteiger partial charge on any atom is -0.494 e. The fourth-order valence-electron chi connectivity index (χ4n) is 3.42. The molecule has 1 heterocycles. The third-order valence-electron chi connectivity index (χ3n) is 5.08. The number of rotatable bonds is 6. The molecule has 1 saturated heterocycles. The minimum absolute atomic E-state index is 0.122. The van der Waals surface area contributed by atoms with Crippen LogP contribution in [0.4, 0.5) is 8.78 Å². The van der Waals surface area contributed by atoms with Gasteiger partial charge in [0.25, 0.3) is 5.92 Å². The Bertz CT molecular complexity index is 861. The molecular weight excluding hydrogens is 422 g/mol. The standard InChI is InChI=1S/C21H23ClF2O6/c1-2-29-13-6-4-12(5-7-13)21(23,24)14-9-11(3-8-15(14)22)20-19(28)18(27)17(26)16(10-25)30-20/h3-9,16-20,25-28H,2,10H2,1H3/t16-,17-,18+,19-,20+/m1/s1. The number of alkyl halides is 2. The maximum Gasteiger partial charge on any atom is 0.299 e. The van der Waals surface area contributed by atoms with Crippen molar-refractivity contribution in [2.75, 3.05) is 13.2 Å². The van der Waals surface area contributed by atoms with E-state index in [2.05, 4.69) is 0 Å². The Hall–Kier alpha value is -1.81. The molecule has 0 aromatic heterocycles. The van der Waals surface area contributed by atoms with E-state index in [1.165, 1.54) is 36.4 Å². The van der Waals surface area contributed by atoms with Gasteiger partial charge in [-0.05, 0) is 48.9 Å². The normalized spacial score (nSPS) is 27.1.